The molecule has 0 aliphatic heterocycles. The van der Waals surface area contributed by atoms with Gasteiger partial charge < -0.3 is 10.7 Å². The molecule has 0 aliphatic carbocycles. The Morgan fingerprint density at radius 3 is 1.31 bits per heavy atom. The van der Waals surface area contributed by atoms with Gasteiger partial charge in [0.05, 0.1) is 11.4 Å². The summed E-state index contributed by atoms with van der Waals surface area (Å²) in [5.41, 5.74) is 19.3. The number of aromatic amines is 1. The standard InChI is InChI=1S/C45H34N6/c46-43(51-45-47-28-7-29-48-45)39-24-16-36(17-25-39)35-14-22-38(23-15-35)42-30-41(37-20-12-33(13-21-37)31-8-3-1-4-9-31)49-44(50-42)40-26-18-34(19-27-40)32-10-5-2-6-11-32/h1-30,43H,46H2,(H,47,48,51). The SMILES string of the molecule is NC(N=c1nccc[nH]1)c1ccc(-c2ccc(-c3cc(-c4ccc(-c5ccccc5)cc4)nc(-c4ccc(-c5ccccc5)cc4)n3)cc2)cc1. The first kappa shape index (κ1) is 31.5. The zero-order valence-electron chi connectivity index (χ0n) is 27.8. The second kappa shape index (κ2) is 14.4. The molecule has 51 heavy (non-hydrogen) atoms. The summed E-state index contributed by atoms with van der Waals surface area (Å²) in [5.74, 6) is 0.680. The zero-order valence-corrected chi connectivity index (χ0v) is 27.8. The fourth-order valence-corrected chi connectivity index (χ4v) is 6.08. The number of H-pyrrole nitrogens is 1. The van der Waals surface area contributed by atoms with Gasteiger partial charge in [-0.15, -0.1) is 0 Å². The highest BCUT2D eigenvalue weighted by atomic mass is 15.0. The molecule has 6 aromatic carbocycles. The zero-order chi connectivity index (χ0) is 34.4. The van der Waals surface area contributed by atoms with Gasteiger partial charge in [0.1, 0.15) is 6.17 Å². The van der Waals surface area contributed by atoms with Gasteiger partial charge in [0.2, 0.25) is 5.62 Å². The van der Waals surface area contributed by atoms with Crippen molar-refractivity contribution in [1.29, 1.82) is 0 Å². The van der Waals surface area contributed by atoms with E-state index in [-0.39, 0.29) is 0 Å². The van der Waals surface area contributed by atoms with Gasteiger partial charge in [-0.25, -0.2) is 19.9 Å². The van der Waals surface area contributed by atoms with Gasteiger partial charge in [0, 0.05) is 29.1 Å². The highest BCUT2D eigenvalue weighted by Crippen LogP contribution is 2.32. The fourth-order valence-electron chi connectivity index (χ4n) is 6.08. The molecule has 6 heteroatoms. The average Bonchev–Trinajstić information content (AvgIpc) is 3.22. The highest BCUT2D eigenvalue weighted by Gasteiger charge is 2.12. The molecule has 0 fully saturated rings. The lowest BCUT2D eigenvalue weighted by molar-refractivity contribution is 0.722. The van der Waals surface area contributed by atoms with Crippen LogP contribution < -0.4 is 11.4 Å². The summed E-state index contributed by atoms with van der Waals surface area (Å²) in [7, 11) is 0. The molecule has 0 bridgehead atoms. The van der Waals surface area contributed by atoms with Crippen molar-refractivity contribution in [2.24, 2.45) is 10.7 Å². The van der Waals surface area contributed by atoms with Crippen molar-refractivity contribution in [3.05, 3.63) is 193 Å². The fraction of sp³-hybridized carbons (Fsp3) is 0.0222. The van der Waals surface area contributed by atoms with E-state index in [0.29, 0.717) is 11.4 Å². The molecule has 8 aromatic rings. The third-order valence-electron chi connectivity index (χ3n) is 8.88. The first-order valence-electron chi connectivity index (χ1n) is 16.9. The van der Waals surface area contributed by atoms with Crippen LogP contribution in [0.5, 0.6) is 0 Å². The Balaban J connectivity index is 1.11. The second-order valence-corrected chi connectivity index (χ2v) is 12.2. The number of hydrogen-bond acceptors (Lipinski definition) is 5. The van der Waals surface area contributed by atoms with Gasteiger partial charge in [-0.2, -0.15) is 0 Å². The van der Waals surface area contributed by atoms with Crippen LogP contribution in [0.25, 0.3) is 67.3 Å². The van der Waals surface area contributed by atoms with Crippen molar-refractivity contribution in [2.75, 3.05) is 0 Å². The van der Waals surface area contributed by atoms with Crippen LogP contribution in [0.15, 0.2) is 187 Å². The van der Waals surface area contributed by atoms with E-state index in [9.17, 15) is 0 Å². The van der Waals surface area contributed by atoms with Crippen LogP contribution in [0.4, 0.5) is 0 Å². The van der Waals surface area contributed by atoms with Crippen LogP contribution in [-0.2, 0) is 0 Å². The van der Waals surface area contributed by atoms with Crippen LogP contribution in [0.1, 0.15) is 11.7 Å². The molecule has 8 rings (SSSR count). The Morgan fingerprint density at radius 2 is 0.863 bits per heavy atom. The van der Waals surface area contributed by atoms with Crippen molar-refractivity contribution in [1.82, 2.24) is 19.9 Å². The monoisotopic (exact) mass is 658 g/mol. The minimum atomic E-state index is -0.516. The Hall–Kier alpha value is -6.76. The first-order chi connectivity index (χ1) is 25.2. The highest BCUT2D eigenvalue weighted by molar-refractivity contribution is 5.76. The number of nitrogens with zero attached hydrogens (tertiary/aromatic N) is 4. The average molecular weight is 659 g/mol. The van der Waals surface area contributed by atoms with Gasteiger partial charge in [0.15, 0.2) is 5.82 Å². The summed E-state index contributed by atoms with van der Waals surface area (Å²) < 4.78 is 0. The van der Waals surface area contributed by atoms with Crippen molar-refractivity contribution in [3.63, 3.8) is 0 Å². The molecule has 1 unspecified atom stereocenters. The molecular formula is C45H34N6. The number of rotatable bonds is 8. The van der Waals surface area contributed by atoms with Crippen LogP contribution in [0.3, 0.4) is 0 Å². The largest absolute Gasteiger partial charge is 0.331 e. The van der Waals surface area contributed by atoms with Gasteiger partial charge in [-0.1, -0.05) is 158 Å². The number of hydrogen-bond donors (Lipinski definition) is 2. The summed E-state index contributed by atoms with van der Waals surface area (Å²) in [6.45, 7) is 0. The van der Waals surface area contributed by atoms with Crippen molar-refractivity contribution < 1.29 is 0 Å². The van der Waals surface area contributed by atoms with E-state index >= 15 is 0 Å². The molecular weight excluding hydrogens is 625 g/mol. The molecule has 6 nitrogen and oxygen atoms in total. The van der Waals surface area contributed by atoms with E-state index < -0.39 is 6.17 Å². The number of benzene rings is 6. The molecule has 3 N–H and O–H groups in total. The lowest BCUT2D eigenvalue weighted by Gasteiger charge is -2.12. The molecule has 0 radical (unpaired) electrons. The second-order valence-electron chi connectivity index (χ2n) is 12.2. The lowest BCUT2D eigenvalue weighted by atomic mass is 9.99. The topological polar surface area (TPSA) is 92.8 Å². The molecule has 0 aliphatic rings. The molecule has 2 aromatic heterocycles. The third-order valence-corrected chi connectivity index (χ3v) is 8.88. The molecule has 0 amide bonds. The minimum absolute atomic E-state index is 0.495. The van der Waals surface area contributed by atoms with Gasteiger partial charge in [-0.05, 0) is 51.1 Å². The molecule has 0 saturated heterocycles. The molecule has 1 atom stereocenters. The predicted molar refractivity (Wildman–Crippen MR) is 206 cm³/mol. The van der Waals surface area contributed by atoms with E-state index in [1.807, 2.05) is 30.3 Å². The number of nitrogens with one attached hydrogen (secondary N) is 1. The van der Waals surface area contributed by atoms with Crippen LogP contribution in [-0.4, -0.2) is 19.9 Å². The smallest absolute Gasteiger partial charge is 0.223 e. The molecule has 0 spiro atoms. The Morgan fingerprint density at radius 1 is 0.451 bits per heavy atom. The van der Waals surface area contributed by atoms with Crippen LogP contribution >= 0.6 is 0 Å². The molecule has 0 saturated carbocycles. The first-order valence-corrected chi connectivity index (χ1v) is 16.9. The molecule has 2 heterocycles. The van der Waals surface area contributed by atoms with Crippen molar-refractivity contribution in [3.8, 4) is 67.3 Å². The maximum Gasteiger partial charge on any atom is 0.223 e. The summed E-state index contributed by atoms with van der Waals surface area (Å²) in [6, 6.07) is 58.4. The van der Waals surface area contributed by atoms with Crippen molar-refractivity contribution >= 4 is 0 Å². The maximum absolute atomic E-state index is 6.34. The third kappa shape index (κ3) is 7.17. The number of aromatic nitrogens is 4. The van der Waals surface area contributed by atoms with Gasteiger partial charge in [0.25, 0.3) is 0 Å². The summed E-state index contributed by atoms with van der Waals surface area (Å²) in [5, 5.41) is 0. The van der Waals surface area contributed by atoms with E-state index in [2.05, 4.69) is 154 Å². The van der Waals surface area contributed by atoms with Gasteiger partial charge in [-0.3, -0.25) is 0 Å². The van der Waals surface area contributed by atoms with Gasteiger partial charge >= 0.3 is 0 Å². The minimum Gasteiger partial charge on any atom is -0.331 e. The predicted octanol–water partition coefficient (Wildman–Crippen LogP) is 9.76. The lowest BCUT2D eigenvalue weighted by Crippen LogP contribution is -2.17. The normalized spacial score (nSPS) is 12.1. The van der Waals surface area contributed by atoms with Crippen molar-refractivity contribution in [2.45, 2.75) is 6.17 Å². The van der Waals surface area contributed by atoms with Crippen LogP contribution in [0, 0.1) is 0 Å². The maximum atomic E-state index is 6.34. The Kier molecular flexibility index (Phi) is 8.88. The van der Waals surface area contributed by atoms with E-state index in [1.54, 1.807) is 12.4 Å². The molecule has 244 valence electrons. The quantitative estimate of drug-likeness (QED) is 0.170. The summed E-state index contributed by atoms with van der Waals surface area (Å²) >= 11 is 0. The van der Waals surface area contributed by atoms with Crippen LogP contribution in [0.2, 0.25) is 0 Å². The summed E-state index contributed by atoms with van der Waals surface area (Å²) in [6.07, 6.45) is 2.95. The Labute approximate surface area is 296 Å². The Bertz CT molecular complexity index is 2320. The van der Waals surface area contributed by atoms with E-state index in [1.165, 1.54) is 11.1 Å². The number of nitrogens with two attached hydrogens (primary N) is 1. The van der Waals surface area contributed by atoms with E-state index in [4.69, 9.17) is 15.7 Å². The summed E-state index contributed by atoms with van der Waals surface area (Å²) in [4.78, 5) is 21.9. The van der Waals surface area contributed by atoms with E-state index in [0.717, 1.165) is 55.9 Å².